The third-order valence-electron chi connectivity index (χ3n) is 3.92. The topological polar surface area (TPSA) is 58.6 Å². The molecule has 2 amide bonds. The van der Waals surface area contributed by atoms with Crippen molar-refractivity contribution in [3.05, 3.63) is 28.2 Å². The summed E-state index contributed by atoms with van der Waals surface area (Å²) in [6.07, 6.45) is 2.03. The quantitative estimate of drug-likeness (QED) is 0.834. The maximum absolute atomic E-state index is 12.5. The number of carbonyl (C=O) groups excluding carboxylic acids is 2. The van der Waals surface area contributed by atoms with Crippen LogP contribution in [0.1, 0.15) is 26.7 Å². The highest BCUT2D eigenvalue weighted by Crippen LogP contribution is 2.27. The average Bonchev–Trinajstić information content (AvgIpc) is 3.05. The molecule has 2 rings (SSSR count). The fourth-order valence-corrected chi connectivity index (χ4v) is 3.06. The van der Waals surface area contributed by atoms with E-state index in [1.807, 2.05) is 18.7 Å². The number of likely N-dealkylation sites (tertiary alicyclic amines) is 1. The minimum atomic E-state index is -0.542. The van der Waals surface area contributed by atoms with E-state index in [9.17, 15) is 9.59 Å². The molecule has 0 spiro atoms. The maximum Gasteiger partial charge on any atom is 0.258 e. The number of hydrogen-bond donors (Lipinski definition) is 1. The van der Waals surface area contributed by atoms with Crippen molar-refractivity contribution in [2.45, 2.75) is 32.7 Å². The molecule has 1 saturated heterocycles. The lowest BCUT2D eigenvalue weighted by Crippen LogP contribution is -2.51. The Morgan fingerprint density at radius 3 is 2.50 bits per heavy atom. The van der Waals surface area contributed by atoms with Gasteiger partial charge in [-0.15, -0.1) is 0 Å². The molecule has 0 unspecified atom stereocenters. The maximum atomic E-state index is 12.5. The number of halogens is 2. The fraction of sp³-hybridized carbons (Fsp3) is 0.529. The van der Waals surface area contributed by atoms with Crippen LogP contribution in [0.25, 0.3) is 0 Å². The molecule has 1 atom stereocenters. The number of nitrogens with one attached hydrogen (secondary N) is 1. The second-order valence-electron chi connectivity index (χ2n) is 6.19. The highest BCUT2D eigenvalue weighted by Gasteiger charge is 2.30. The predicted octanol–water partition coefficient (Wildman–Crippen LogP) is 3.14. The van der Waals surface area contributed by atoms with Crippen molar-refractivity contribution in [1.29, 1.82) is 0 Å². The van der Waals surface area contributed by atoms with E-state index in [2.05, 4.69) is 5.32 Å². The smallest absolute Gasteiger partial charge is 0.258 e. The van der Waals surface area contributed by atoms with Gasteiger partial charge in [-0.3, -0.25) is 9.59 Å². The van der Waals surface area contributed by atoms with Gasteiger partial charge in [0.05, 0.1) is 5.02 Å². The molecule has 1 aromatic carbocycles. The summed E-state index contributed by atoms with van der Waals surface area (Å²) >= 11 is 11.8. The van der Waals surface area contributed by atoms with Crippen LogP contribution in [0, 0.1) is 5.92 Å². The molecule has 24 heavy (non-hydrogen) atoms. The van der Waals surface area contributed by atoms with Crippen LogP contribution >= 0.6 is 23.2 Å². The van der Waals surface area contributed by atoms with Crippen molar-refractivity contribution in [3.63, 3.8) is 0 Å². The molecule has 1 heterocycles. The van der Waals surface area contributed by atoms with Crippen molar-refractivity contribution in [2.75, 3.05) is 19.7 Å². The first-order chi connectivity index (χ1) is 11.4. The van der Waals surface area contributed by atoms with E-state index in [-0.39, 0.29) is 24.3 Å². The normalized spacial score (nSPS) is 15.5. The first-order valence-electron chi connectivity index (χ1n) is 8.04. The Balaban J connectivity index is 1.91. The van der Waals surface area contributed by atoms with E-state index in [0.29, 0.717) is 15.8 Å². The van der Waals surface area contributed by atoms with Gasteiger partial charge in [0.25, 0.3) is 5.91 Å². The third kappa shape index (κ3) is 5.02. The number of amides is 2. The first-order valence-corrected chi connectivity index (χ1v) is 8.80. The molecule has 1 aliphatic heterocycles. The Bertz CT molecular complexity index is 601. The van der Waals surface area contributed by atoms with Gasteiger partial charge in [0.15, 0.2) is 6.61 Å². The Kier molecular flexibility index (Phi) is 6.75. The van der Waals surface area contributed by atoms with Crippen molar-refractivity contribution in [1.82, 2.24) is 10.2 Å². The van der Waals surface area contributed by atoms with Crippen LogP contribution in [0.3, 0.4) is 0 Å². The van der Waals surface area contributed by atoms with Gasteiger partial charge in [0.1, 0.15) is 11.8 Å². The molecule has 1 aromatic rings. The minimum Gasteiger partial charge on any atom is -0.482 e. The summed E-state index contributed by atoms with van der Waals surface area (Å²) in [5, 5.41) is 3.60. The van der Waals surface area contributed by atoms with E-state index >= 15 is 0 Å². The minimum absolute atomic E-state index is 0.00108. The summed E-state index contributed by atoms with van der Waals surface area (Å²) in [4.78, 5) is 26.5. The van der Waals surface area contributed by atoms with Crippen LogP contribution in [0.15, 0.2) is 18.2 Å². The number of nitrogens with zero attached hydrogens (tertiary/aromatic N) is 1. The molecular formula is C17H22Cl2N2O3. The number of rotatable bonds is 6. The van der Waals surface area contributed by atoms with Crippen molar-refractivity contribution < 1.29 is 14.3 Å². The van der Waals surface area contributed by atoms with Gasteiger partial charge >= 0.3 is 0 Å². The zero-order valence-electron chi connectivity index (χ0n) is 13.9. The van der Waals surface area contributed by atoms with Crippen molar-refractivity contribution in [2.24, 2.45) is 5.92 Å². The SMILES string of the molecule is CC(C)[C@H](NC(=O)COc1ccc(Cl)cc1Cl)C(=O)N1CCCC1. The molecule has 5 nitrogen and oxygen atoms in total. The van der Waals surface area contributed by atoms with E-state index in [1.54, 1.807) is 18.2 Å². The molecular weight excluding hydrogens is 351 g/mol. The number of carbonyl (C=O) groups is 2. The molecule has 132 valence electrons. The summed E-state index contributed by atoms with van der Waals surface area (Å²) in [5.41, 5.74) is 0. The molecule has 1 N–H and O–H groups in total. The van der Waals surface area contributed by atoms with Crippen LogP contribution in [0.4, 0.5) is 0 Å². The van der Waals surface area contributed by atoms with E-state index < -0.39 is 6.04 Å². The van der Waals surface area contributed by atoms with E-state index in [1.165, 1.54) is 0 Å². The lowest BCUT2D eigenvalue weighted by molar-refractivity contribution is -0.137. The van der Waals surface area contributed by atoms with Crippen LogP contribution in [-0.4, -0.2) is 42.5 Å². The average molecular weight is 373 g/mol. The van der Waals surface area contributed by atoms with E-state index in [4.69, 9.17) is 27.9 Å². The number of benzene rings is 1. The number of ether oxygens (including phenoxy) is 1. The van der Waals surface area contributed by atoms with Crippen molar-refractivity contribution in [3.8, 4) is 5.75 Å². The van der Waals surface area contributed by atoms with Crippen LogP contribution in [-0.2, 0) is 9.59 Å². The largest absolute Gasteiger partial charge is 0.482 e. The van der Waals surface area contributed by atoms with Crippen LogP contribution in [0.2, 0.25) is 10.0 Å². The molecule has 0 aromatic heterocycles. The first kappa shape index (κ1) is 18.9. The monoisotopic (exact) mass is 372 g/mol. The van der Waals surface area contributed by atoms with Gasteiger partial charge in [-0.25, -0.2) is 0 Å². The lowest BCUT2D eigenvalue weighted by atomic mass is 10.0. The number of hydrogen-bond acceptors (Lipinski definition) is 3. The molecule has 1 fully saturated rings. The second-order valence-corrected chi connectivity index (χ2v) is 7.03. The fourth-order valence-electron chi connectivity index (χ4n) is 2.60. The van der Waals surface area contributed by atoms with Gasteiger partial charge in [0.2, 0.25) is 5.91 Å². The Morgan fingerprint density at radius 2 is 1.92 bits per heavy atom. The molecule has 0 saturated carbocycles. The van der Waals surface area contributed by atoms with Crippen molar-refractivity contribution >= 4 is 35.0 Å². The molecule has 0 aliphatic carbocycles. The molecule has 7 heteroatoms. The van der Waals surface area contributed by atoms with E-state index in [0.717, 1.165) is 25.9 Å². The molecule has 0 bridgehead atoms. The standard InChI is InChI=1S/C17H22Cl2N2O3/c1-11(2)16(17(23)21-7-3-4-8-21)20-15(22)10-24-14-6-5-12(18)9-13(14)19/h5-6,9,11,16H,3-4,7-8,10H2,1-2H3,(H,20,22)/t16-/m0/s1. The summed E-state index contributed by atoms with van der Waals surface area (Å²) in [7, 11) is 0. The van der Waals surface area contributed by atoms with Gasteiger partial charge < -0.3 is 15.0 Å². The highest BCUT2D eigenvalue weighted by atomic mass is 35.5. The van der Waals surface area contributed by atoms with Crippen LogP contribution in [0.5, 0.6) is 5.75 Å². The van der Waals surface area contributed by atoms with Crippen LogP contribution < -0.4 is 10.1 Å². The predicted molar refractivity (Wildman–Crippen MR) is 94.5 cm³/mol. The van der Waals surface area contributed by atoms with Gasteiger partial charge in [-0.1, -0.05) is 37.0 Å². The summed E-state index contributed by atoms with van der Waals surface area (Å²) in [6, 6.07) is 4.24. The summed E-state index contributed by atoms with van der Waals surface area (Å²) in [6.45, 7) is 5.13. The molecule has 0 radical (unpaired) electrons. The Morgan fingerprint density at radius 1 is 1.25 bits per heavy atom. The highest BCUT2D eigenvalue weighted by molar-refractivity contribution is 6.35. The van der Waals surface area contributed by atoms with Gasteiger partial charge in [-0.05, 0) is 37.0 Å². The van der Waals surface area contributed by atoms with Gasteiger partial charge in [0, 0.05) is 18.1 Å². The summed E-state index contributed by atoms with van der Waals surface area (Å²) < 4.78 is 5.41. The summed E-state index contributed by atoms with van der Waals surface area (Å²) in [5.74, 6) is -0.00279. The lowest BCUT2D eigenvalue weighted by Gasteiger charge is -2.26. The Labute approximate surface area is 152 Å². The van der Waals surface area contributed by atoms with Gasteiger partial charge in [-0.2, -0.15) is 0 Å². The second kappa shape index (κ2) is 8.58. The Hall–Kier alpha value is -1.46. The zero-order valence-corrected chi connectivity index (χ0v) is 15.4. The zero-order chi connectivity index (χ0) is 17.7. The third-order valence-corrected chi connectivity index (χ3v) is 4.45. The molecule has 1 aliphatic rings.